The Balaban J connectivity index is 1.20. The summed E-state index contributed by atoms with van der Waals surface area (Å²) in [7, 11) is 0. The molecule has 0 aromatic heterocycles. The Bertz CT molecular complexity index is 1700. The third kappa shape index (κ3) is 14.3. The predicted octanol–water partition coefficient (Wildman–Crippen LogP) is 18.3. The van der Waals surface area contributed by atoms with E-state index in [2.05, 4.69) is 38.1 Å². The van der Waals surface area contributed by atoms with Gasteiger partial charge in [0, 0.05) is 0 Å². The van der Waals surface area contributed by atoms with Crippen molar-refractivity contribution in [3.8, 4) is 22.3 Å². The van der Waals surface area contributed by atoms with Crippen LogP contribution in [0.3, 0.4) is 0 Å². The molecule has 0 radical (unpaired) electrons. The SMILES string of the molecule is CCCCCCCCC[C@H]1CC[C@H](C(OC(c2ccc(-c3ccc(F)c(F)c3)cc2)[C@H]2CC[C@H](CCCCCCCCC)CC2)c2ccc(-c3ccc(F)c(F)c3)cc2)CC1. The first-order valence-corrected chi connectivity index (χ1v) is 24.6. The maximum absolute atomic E-state index is 14.3. The third-order valence-electron chi connectivity index (χ3n) is 14.3. The molecule has 332 valence electrons. The Morgan fingerprint density at radius 1 is 0.393 bits per heavy atom. The number of halogens is 4. The zero-order valence-electron chi connectivity index (χ0n) is 37.4. The highest BCUT2D eigenvalue weighted by Gasteiger charge is 2.36. The van der Waals surface area contributed by atoms with E-state index in [9.17, 15) is 17.6 Å². The van der Waals surface area contributed by atoms with Crippen LogP contribution in [-0.4, -0.2) is 0 Å². The summed E-state index contributed by atoms with van der Waals surface area (Å²) in [5.41, 5.74) is 5.28. The fourth-order valence-corrected chi connectivity index (χ4v) is 10.5. The highest BCUT2D eigenvalue weighted by molar-refractivity contribution is 5.64. The summed E-state index contributed by atoms with van der Waals surface area (Å²) < 4.78 is 63.8. The molecule has 0 amide bonds. The quantitative estimate of drug-likeness (QED) is 0.0505. The van der Waals surface area contributed by atoms with Gasteiger partial charge in [-0.3, -0.25) is 0 Å². The molecule has 6 rings (SSSR count). The molecule has 61 heavy (non-hydrogen) atoms. The standard InChI is InChI=1S/C56H74F4O/c1-3-5-7-9-11-13-15-17-41-19-23-45(24-20-41)55(47-31-27-43(28-32-47)49-35-37-51(57)53(59)39-49)61-56(46-25-21-42(22-26-46)18-16-14-12-10-8-6-4-2)48-33-29-44(30-34-48)50-36-38-52(58)54(60)40-50/h27-42,45-46,55-56H,3-26H2,1-2H3/t41-,42-,45-,46-,55?,56?. The zero-order valence-corrected chi connectivity index (χ0v) is 37.4. The smallest absolute Gasteiger partial charge is 0.159 e. The Hall–Kier alpha value is -3.44. The minimum absolute atomic E-state index is 0.111. The summed E-state index contributed by atoms with van der Waals surface area (Å²) in [5, 5.41) is 0. The van der Waals surface area contributed by atoms with Crippen molar-refractivity contribution in [3.63, 3.8) is 0 Å². The lowest BCUT2D eigenvalue weighted by Gasteiger charge is -2.40. The van der Waals surface area contributed by atoms with Crippen LogP contribution in [0.15, 0.2) is 84.9 Å². The summed E-state index contributed by atoms with van der Waals surface area (Å²) >= 11 is 0. The van der Waals surface area contributed by atoms with Crippen LogP contribution in [0.1, 0.15) is 191 Å². The van der Waals surface area contributed by atoms with Crippen LogP contribution in [0.4, 0.5) is 17.6 Å². The zero-order chi connectivity index (χ0) is 42.8. The molecule has 2 fully saturated rings. The topological polar surface area (TPSA) is 9.23 Å². The van der Waals surface area contributed by atoms with Crippen LogP contribution in [0.5, 0.6) is 0 Å². The van der Waals surface area contributed by atoms with Crippen molar-refractivity contribution in [1.29, 1.82) is 0 Å². The van der Waals surface area contributed by atoms with Crippen LogP contribution in [0.2, 0.25) is 0 Å². The average Bonchev–Trinajstić information content (AvgIpc) is 3.29. The van der Waals surface area contributed by atoms with E-state index in [1.807, 2.05) is 24.3 Å². The van der Waals surface area contributed by atoms with Crippen molar-refractivity contribution in [1.82, 2.24) is 0 Å². The predicted molar refractivity (Wildman–Crippen MR) is 246 cm³/mol. The molecule has 5 heteroatoms. The third-order valence-corrected chi connectivity index (χ3v) is 14.3. The van der Waals surface area contributed by atoms with Crippen LogP contribution in [0.25, 0.3) is 22.3 Å². The molecular formula is C56H74F4O. The first-order valence-electron chi connectivity index (χ1n) is 24.6. The second-order valence-electron chi connectivity index (χ2n) is 18.9. The summed E-state index contributed by atoms with van der Waals surface area (Å²) in [4.78, 5) is 0. The van der Waals surface area contributed by atoms with Crippen molar-refractivity contribution in [2.24, 2.45) is 23.7 Å². The summed E-state index contributed by atoms with van der Waals surface area (Å²) in [6.07, 6.45) is 30.7. The average molecular weight is 839 g/mol. The minimum atomic E-state index is -0.841. The van der Waals surface area contributed by atoms with Gasteiger partial charge in [0.25, 0.3) is 0 Å². The van der Waals surface area contributed by atoms with E-state index in [0.29, 0.717) is 23.0 Å². The largest absolute Gasteiger partial charge is 0.365 e. The van der Waals surface area contributed by atoms with E-state index in [0.717, 1.165) is 59.8 Å². The van der Waals surface area contributed by atoms with Gasteiger partial charge in [0.2, 0.25) is 0 Å². The molecule has 0 N–H and O–H groups in total. The summed E-state index contributed by atoms with van der Waals surface area (Å²) in [6, 6.07) is 24.9. The number of ether oxygens (including phenoxy) is 1. The maximum atomic E-state index is 14.3. The number of rotatable bonds is 24. The number of hydrogen-bond acceptors (Lipinski definition) is 1. The fraction of sp³-hybridized carbons (Fsp3) is 0.571. The number of benzene rings is 4. The lowest BCUT2D eigenvalue weighted by atomic mass is 9.74. The van der Waals surface area contributed by atoms with Gasteiger partial charge in [-0.25, -0.2) is 17.6 Å². The van der Waals surface area contributed by atoms with Crippen molar-refractivity contribution >= 4 is 0 Å². The molecule has 2 saturated carbocycles. The van der Waals surface area contributed by atoms with Crippen molar-refractivity contribution in [2.45, 2.75) is 180 Å². The first-order chi connectivity index (χ1) is 29.8. The van der Waals surface area contributed by atoms with Gasteiger partial charge in [0.05, 0.1) is 12.2 Å². The van der Waals surface area contributed by atoms with Crippen molar-refractivity contribution < 1.29 is 22.3 Å². The molecule has 4 aromatic carbocycles. The van der Waals surface area contributed by atoms with Gasteiger partial charge < -0.3 is 4.74 Å². The molecule has 1 nitrogen and oxygen atoms in total. The molecule has 2 atom stereocenters. The molecule has 0 bridgehead atoms. The van der Waals surface area contributed by atoms with Gasteiger partial charge in [-0.15, -0.1) is 0 Å². The maximum Gasteiger partial charge on any atom is 0.159 e. The molecular weight excluding hydrogens is 765 g/mol. The molecule has 4 aromatic rings. The van der Waals surface area contributed by atoms with Gasteiger partial charge >= 0.3 is 0 Å². The van der Waals surface area contributed by atoms with Gasteiger partial charge in [-0.2, -0.15) is 0 Å². The lowest BCUT2D eigenvalue weighted by molar-refractivity contribution is -0.0907. The Labute approximate surface area is 366 Å². The highest BCUT2D eigenvalue weighted by atomic mass is 19.2. The summed E-state index contributed by atoms with van der Waals surface area (Å²) in [6.45, 7) is 4.55. The van der Waals surface area contributed by atoms with E-state index in [-0.39, 0.29) is 12.2 Å². The minimum Gasteiger partial charge on any atom is -0.365 e. The highest BCUT2D eigenvalue weighted by Crippen LogP contribution is 2.48. The first kappa shape index (κ1) is 47.0. The lowest BCUT2D eigenvalue weighted by Crippen LogP contribution is -2.28. The molecule has 2 unspecified atom stereocenters. The molecule has 0 spiro atoms. The van der Waals surface area contributed by atoms with Gasteiger partial charge in [-0.1, -0.05) is 203 Å². The van der Waals surface area contributed by atoms with Crippen LogP contribution in [-0.2, 0) is 4.74 Å². The molecule has 2 aliphatic rings. The fourth-order valence-electron chi connectivity index (χ4n) is 10.5. The number of unbranched alkanes of at least 4 members (excludes halogenated alkanes) is 12. The molecule has 2 aliphatic carbocycles. The van der Waals surface area contributed by atoms with Crippen LogP contribution in [0, 0.1) is 46.9 Å². The van der Waals surface area contributed by atoms with Crippen molar-refractivity contribution in [3.05, 3.63) is 119 Å². The Morgan fingerprint density at radius 3 is 1.07 bits per heavy atom. The molecule has 0 saturated heterocycles. The van der Waals surface area contributed by atoms with E-state index in [1.165, 1.54) is 153 Å². The van der Waals surface area contributed by atoms with Crippen LogP contribution < -0.4 is 0 Å². The van der Waals surface area contributed by atoms with E-state index >= 15 is 0 Å². The molecule has 0 aliphatic heterocycles. The van der Waals surface area contributed by atoms with E-state index in [1.54, 1.807) is 12.1 Å². The normalized spacial score (nSPS) is 20.4. The Morgan fingerprint density at radius 2 is 0.721 bits per heavy atom. The second kappa shape index (κ2) is 25.0. The summed E-state index contributed by atoms with van der Waals surface area (Å²) in [5.74, 6) is -1.07. The van der Waals surface area contributed by atoms with Crippen LogP contribution >= 0.6 is 0 Å². The van der Waals surface area contributed by atoms with Gasteiger partial charge in [0.1, 0.15) is 0 Å². The molecule has 0 heterocycles. The van der Waals surface area contributed by atoms with Gasteiger partial charge in [-0.05, 0) is 107 Å². The number of hydrogen-bond donors (Lipinski definition) is 0. The van der Waals surface area contributed by atoms with E-state index in [4.69, 9.17) is 4.74 Å². The monoisotopic (exact) mass is 839 g/mol. The van der Waals surface area contributed by atoms with Crippen molar-refractivity contribution in [2.75, 3.05) is 0 Å². The van der Waals surface area contributed by atoms with E-state index < -0.39 is 23.3 Å². The van der Waals surface area contributed by atoms with Gasteiger partial charge in [0.15, 0.2) is 23.3 Å². The second-order valence-corrected chi connectivity index (χ2v) is 18.9. The Kier molecular flexibility index (Phi) is 19.3.